The first-order valence-corrected chi connectivity index (χ1v) is 6.51. The zero-order valence-corrected chi connectivity index (χ0v) is 10.8. The summed E-state index contributed by atoms with van der Waals surface area (Å²) >= 11 is 0. The first-order chi connectivity index (χ1) is 8.70. The van der Waals surface area contributed by atoms with Crippen molar-refractivity contribution in [2.75, 3.05) is 24.5 Å². The maximum Gasteiger partial charge on any atom is 0.224 e. The molecule has 1 aromatic rings. The van der Waals surface area contributed by atoms with Crippen LogP contribution in [0.2, 0.25) is 0 Å². The van der Waals surface area contributed by atoms with E-state index in [2.05, 4.69) is 22.3 Å². The molecule has 2 atom stereocenters. The summed E-state index contributed by atoms with van der Waals surface area (Å²) in [4.78, 5) is 14.1. The number of benzene rings is 1. The predicted octanol–water partition coefficient (Wildman–Crippen LogP) is 0.976. The van der Waals surface area contributed by atoms with E-state index in [0.717, 1.165) is 19.5 Å². The molecule has 0 bridgehead atoms. The van der Waals surface area contributed by atoms with E-state index in [1.807, 2.05) is 25.1 Å². The summed E-state index contributed by atoms with van der Waals surface area (Å²) in [6.45, 7) is 4.14. The lowest BCUT2D eigenvalue weighted by molar-refractivity contribution is -0.124. The number of nitrogens with two attached hydrogens (primary N) is 1. The van der Waals surface area contributed by atoms with E-state index in [9.17, 15) is 4.79 Å². The normalized spacial score (nSPS) is 20.8. The molecule has 2 rings (SSSR count). The molecule has 0 aromatic heterocycles. The topological polar surface area (TPSA) is 58.4 Å². The van der Waals surface area contributed by atoms with Crippen molar-refractivity contribution in [1.29, 1.82) is 0 Å². The molecule has 0 spiro atoms. The number of anilines is 1. The van der Waals surface area contributed by atoms with Gasteiger partial charge in [0.25, 0.3) is 0 Å². The number of rotatable bonds is 4. The van der Waals surface area contributed by atoms with Crippen molar-refractivity contribution >= 4 is 11.6 Å². The smallest absolute Gasteiger partial charge is 0.224 e. The lowest BCUT2D eigenvalue weighted by Crippen LogP contribution is -2.41. The summed E-state index contributed by atoms with van der Waals surface area (Å²) < 4.78 is 0. The van der Waals surface area contributed by atoms with Gasteiger partial charge in [-0.1, -0.05) is 25.1 Å². The number of nitrogens with zero attached hydrogens (tertiary/aromatic N) is 1. The molecular formula is C14H21N3O. The molecule has 98 valence electrons. The van der Waals surface area contributed by atoms with Crippen LogP contribution in [-0.2, 0) is 4.79 Å². The third-order valence-electron chi connectivity index (χ3n) is 3.46. The van der Waals surface area contributed by atoms with Crippen molar-refractivity contribution < 1.29 is 4.79 Å². The number of hydrogen-bond acceptors (Lipinski definition) is 3. The molecule has 18 heavy (non-hydrogen) atoms. The second kappa shape index (κ2) is 5.87. The van der Waals surface area contributed by atoms with Gasteiger partial charge >= 0.3 is 0 Å². The quantitative estimate of drug-likeness (QED) is 0.833. The molecule has 1 heterocycles. The van der Waals surface area contributed by atoms with Gasteiger partial charge in [0, 0.05) is 37.3 Å². The van der Waals surface area contributed by atoms with Gasteiger partial charge in [-0.05, 0) is 18.6 Å². The van der Waals surface area contributed by atoms with Crippen molar-refractivity contribution in [3.05, 3.63) is 30.3 Å². The summed E-state index contributed by atoms with van der Waals surface area (Å²) in [6, 6.07) is 10.5. The standard InChI is InChI=1S/C14H21N3O/c1-11(9-15)14(18)16-12-7-8-17(10-12)13-5-3-2-4-6-13/h2-6,11-12H,7-10,15H2,1H3,(H,16,18). The minimum absolute atomic E-state index is 0.0670. The predicted molar refractivity (Wildman–Crippen MR) is 73.4 cm³/mol. The Morgan fingerprint density at radius 2 is 2.22 bits per heavy atom. The summed E-state index contributed by atoms with van der Waals surface area (Å²) in [7, 11) is 0. The van der Waals surface area contributed by atoms with Crippen molar-refractivity contribution in [3.8, 4) is 0 Å². The van der Waals surface area contributed by atoms with E-state index in [4.69, 9.17) is 5.73 Å². The number of amides is 1. The van der Waals surface area contributed by atoms with Crippen molar-refractivity contribution in [1.82, 2.24) is 5.32 Å². The Bertz CT molecular complexity index is 393. The second-order valence-electron chi connectivity index (χ2n) is 4.91. The van der Waals surface area contributed by atoms with Crippen LogP contribution in [0.5, 0.6) is 0 Å². The summed E-state index contributed by atoms with van der Waals surface area (Å²) in [6.07, 6.45) is 0.998. The Hall–Kier alpha value is -1.55. The lowest BCUT2D eigenvalue weighted by atomic mass is 10.1. The van der Waals surface area contributed by atoms with Crippen LogP contribution >= 0.6 is 0 Å². The maximum absolute atomic E-state index is 11.8. The zero-order chi connectivity index (χ0) is 13.0. The molecule has 3 N–H and O–H groups in total. The second-order valence-corrected chi connectivity index (χ2v) is 4.91. The van der Waals surface area contributed by atoms with Gasteiger partial charge in [-0.3, -0.25) is 4.79 Å². The van der Waals surface area contributed by atoms with E-state index in [1.165, 1.54) is 5.69 Å². The van der Waals surface area contributed by atoms with E-state index in [1.54, 1.807) is 0 Å². The number of hydrogen-bond donors (Lipinski definition) is 2. The molecule has 0 aliphatic carbocycles. The molecule has 2 unspecified atom stereocenters. The van der Waals surface area contributed by atoms with Gasteiger partial charge in [0.1, 0.15) is 0 Å². The van der Waals surface area contributed by atoms with Gasteiger partial charge in [-0.15, -0.1) is 0 Å². The fraction of sp³-hybridized carbons (Fsp3) is 0.500. The van der Waals surface area contributed by atoms with Crippen molar-refractivity contribution in [2.45, 2.75) is 19.4 Å². The highest BCUT2D eigenvalue weighted by Crippen LogP contribution is 2.19. The summed E-state index contributed by atoms with van der Waals surface area (Å²) in [5.74, 6) is -0.0341. The van der Waals surface area contributed by atoms with Crippen molar-refractivity contribution in [2.24, 2.45) is 11.7 Å². The number of carbonyl (C=O) groups is 1. The van der Waals surface area contributed by atoms with Crippen LogP contribution in [0.25, 0.3) is 0 Å². The van der Waals surface area contributed by atoms with Gasteiger partial charge in [-0.25, -0.2) is 0 Å². The third-order valence-corrected chi connectivity index (χ3v) is 3.46. The first-order valence-electron chi connectivity index (χ1n) is 6.51. The van der Waals surface area contributed by atoms with E-state index in [-0.39, 0.29) is 17.9 Å². The highest BCUT2D eigenvalue weighted by molar-refractivity contribution is 5.79. The Balaban J connectivity index is 1.87. The highest BCUT2D eigenvalue weighted by Gasteiger charge is 2.25. The fourth-order valence-electron chi connectivity index (χ4n) is 2.20. The van der Waals surface area contributed by atoms with Gasteiger partial charge in [0.2, 0.25) is 5.91 Å². The Morgan fingerprint density at radius 1 is 1.50 bits per heavy atom. The Kier molecular flexibility index (Phi) is 4.20. The maximum atomic E-state index is 11.8. The molecule has 1 fully saturated rings. The molecule has 1 aliphatic heterocycles. The zero-order valence-electron chi connectivity index (χ0n) is 10.8. The van der Waals surface area contributed by atoms with Gasteiger partial charge < -0.3 is 16.0 Å². The first kappa shape index (κ1) is 12.9. The SMILES string of the molecule is CC(CN)C(=O)NC1CCN(c2ccccc2)C1. The van der Waals surface area contributed by atoms with Crippen LogP contribution in [0.1, 0.15) is 13.3 Å². The van der Waals surface area contributed by atoms with Gasteiger partial charge in [0.05, 0.1) is 0 Å². The third kappa shape index (κ3) is 3.01. The van der Waals surface area contributed by atoms with Gasteiger partial charge in [-0.2, -0.15) is 0 Å². The van der Waals surface area contributed by atoms with Crippen LogP contribution in [0.4, 0.5) is 5.69 Å². The largest absolute Gasteiger partial charge is 0.369 e. The molecule has 4 nitrogen and oxygen atoms in total. The Morgan fingerprint density at radius 3 is 2.89 bits per heavy atom. The number of carbonyl (C=O) groups excluding carboxylic acids is 1. The fourth-order valence-corrected chi connectivity index (χ4v) is 2.20. The molecule has 1 saturated heterocycles. The lowest BCUT2D eigenvalue weighted by Gasteiger charge is -2.19. The van der Waals surface area contributed by atoms with Crippen LogP contribution in [0.3, 0.4) is 0 Å². The minimum Gasteiger partial charge on any atom is -0.369 e. The molecule has 0 radical (unpaired) electrons. The summed E-state index contributed by atoms with van der Waals surface area (Å²) in [5.41, 5.74) is 6.72. The molecule has 1 aromatic carbocycles. The van der Waals surface area contributed by atoms with E-state index < -0.39 is 0 Å². The van der Waals surface area contributed by atoms with E-state index >= 15 is 0 Å². The highest BCUT2D eigenvalue weighted by atomic mass is 16.1. The average molecular weight is 247 g/mol. The molecule has 0 saturated carbocycles. The minimum atomic E-state index is -0.101. The molecular weight excluding hydrogens is 226 g/mol. The number of nitrogens with one attached hydrogen (secondary N) is 1. The monoisotopic (exact) mass is 247 g/mol. The molecule has 4 heteroatoms. The summed E-state index contributed by atoms with van der Waals surface area (Å²) in [5, 5.41) is 3.07. The molecule has 1 amide bonds. The Labute approximate surface area is 108 Å². The van der Waals surface area contributed by atoms with E-state index in [0.29, 0.717) is 6.54 Å². The van der Waals surface area contributed by atoms with Crippen molar-refractivity contribution in [3.63, 3.8) is 0 Å². The van der Waals surface area contributed by atoms with Crippen LogP contribution < -0.4 is 16.0 Å². The van der Waals surface area contributed by atoms with Gasteiger partial charge in [0.15, 0.2) is 0 Å². The van der Waals surface area contributed by atoms with Crippen LogP contribution in [0, 0.1) is 5.92 Å². The molecule has 1 aliphatic rings. The average Bonchev–Trinajstić information content (AvgIpc) is 2.87. The number of para-hydroxylation sites is 1. The van der Waals surface area contributed by atoms with Crippen LogP contribution in [-0.4, -0.2) is 31.6 Å². The van der Waals surface area contributed by atoms with Crippen LogP contribution in [0.15, 0.2) is 30.3 Å².